The maximum absolute atomic E-state index is 13.6. The maximum Gasteiger partial charge on any atom is 0.422 e. The van der Waals surface area contributed by atoms with Gasteiger partial charge < -0.3 is 9.84 Å². The van der Waals surface area contributed by atoms with Crippen molar-refractivity contribution in [3.8, 4) is 5.75 Å². The molecule has 1 N–H and O–H groups in total. The third-order valence-corrected chi connectivity index (χ3v) is 2.04. The third kappa shape index (κ3) is 2.99. The second kappa shape index (κ2) is 5.07. The van der Waals surface area contributed by atoms with E-state index in [-0.39, 0.29) is 0 Å². The van der Waals surface area contributed by atoms with Crippen LogP contribution < -0.4 is 4.74 Å². The molecule has 0 radical (unpaired) electrons. The van der Waals surface area contributed by atoms with Crippen LogP contribution in [0.2, 0.25) is 0 Å². The average Bonchev–Trinajstić information content (AvgIpc) is 2.24. The molecular formula is C11H8F4O3. The Bertz CT molecular complexity index is 492. The van der Waals surface area contributed by atoms with E-state index in [1.54, 1.807) is 0 Å². The van der Waals surface area contributed by atoms with Crippen LogP contribution in [0.5, 0.6) is 5.75 Å². The van der Waals surface area contributed by atoms with Crippen LogP contribution in [0, 0.1) is 5.82 Å². The van der Waals surface area contributed by atoms with Crippen molar-refractivity contribution in [3.63, 3.8) is 0 Å². The molecule has 7 heteroatoms. The summed E-state index contributed by atoms with van der Waals surface area (Å²) < 4.78 is 55.9. The highest BCUT2D eigenvalue weighted by molar-refractivity contribution is 5.85. The molecule has 18 heavy (non-hydrogen) atoms. The Morgan fingerprint density at radius 3 is 2.44 bits per heavy atom. The summed E-state index contributed by atoms with van der Waals surface area (Å²) in [7, 11) is 0.983. The molecule has 1 aromatic carbocycles. The first-order chi connectivity index (χ1) is 8.27. The summed E-state index contributed by atoms with van der Waals surface area (Å²) in [5, 5.41) is 8.34. The fraction of sp³-hybridized carbons (Fsp3) is 0.182. The average molecular weight is 264 g/mol. The molecule has 1 rings (SSSR count). The lowest BCUT2D eigenvalue weighted by molar-refractivity contribution is -0.141. The van der Waals surface area contributed by atoms with Crippen LogP contribution in [-0.4, -0.2) is 18.2 Å². The minimum atomic E-state index is -4.93. The Hall–Kier alpha value is -2.05. The SMILES string of the molecule is COc1ccc(/C=C\C(=O)O)c(F)c1C(F)(F)F. The van der Waals surface area contributed by atoms with Crippen molar-refractivity contribution in [3.05, 3.63) is 35.2 Å². The summed E-state index contributed by atoms with van der Waals surface area (Å²) in [5.74, 6) is -3.62. The lowest BCUT2D eigenvalue weighted by Gasteiger charge is -2.13. The first-order valence-electron chi connectivity index (χ1n) is 4.62. The molecule has 0 aromatic heterocycles. The van der Waals surface area contributed by atoms with Gasteiger partial charge in [0.1, 0.15) is 17.1 Å². The minimum Gasteiger partial charge on any atom is -0.496 e. The molecule has 0 aliphatic rings. The van der Waals surface area contributed by atoms with Crippen molar-refractivity contribution in [1.82, 2.24) is 0 Å². The Morgan fingerprint density at radius 1 is 1.39 bits per heavy atom. The molecule has 0 heterocycles. The van der Waals surface area contributed by atoms with Crippen LogP contribution in [0.4, 0.5) is 17.6 Å². The van der Waals surface area contributed by atoms with Gasteiger partial charge in [0.05, 0.1) is 7.11 Å². The molecule has 3 nitrogen and oxygen atoms in total. The molecule has 0 fully saturated rings. The highest BCUT2D eigenvalue weighted by Crippen LogP contribution is 2.39. The maximum atomic E-state index is 13.6. The van der Waals surface area contributed by atoms with E-state index < -0.39 is 34.8 Å². The Labute approximate surface area is 99.3 Å². The van der Waals surface area contributed by atoms with Crippen molar-refractivity contribution in [1.29, 1.82) is 0 Å². The highest BCUT2D eigenvalue weighted by atomic mass is 19.4. The number of rotatable bonds is 3. The molecule has 0 saturated carbocycles. The number of hydrogen-bond acceptors (Lipinski definition) is 2. The smallest absolute Gasteiger partial charge is 0.422 e. The summed E-state index contributed by atoms with van der Waals surface area (Å²) in [4.78, 5) is 10.2. The predicted molar refractivity (Wildman–Crippen MR) is 54.6 cm³/mol. The zero-order chi connectivity index (χ0) is 13.9. The predicted octanol–water partition coefficient (Wildman–Crippen LogP) is 2.95. The monoisotopic (exact) mass is 264 g/mol. The zero-order valence-electron chi connectivity index (χ0n) is 9.08. The van der Waals surface area contributed by atoms with E-state index in [0.717, 1.165) is 25.3 Å². The van der Waals surface area contributed by atoms with Crippen molar-refractivity contribution >= 4 is 12.0 Å². The first-order valence-corrected chi connectivity index (χ1v) is 4.62. The highest BCUT2D eigenvalue weighted by Gasteiger charge is 2.38. The molecule has 0 spiro atoms. The van der Waals surface area contributed by atoms with Crippen molar-refractivity contribution in [2.24, 2.45) is 0 Å². The van der Waals surface area contributed by atoms with Gasteiger partial charge in [0.15, 0.2) is 0 Å². The van der Waals surface area contributed by atoms with E-state index in [1.165, 1.54) is 0 Å². The van der Waals surface area contributed by atoms with E-state index in [0.29, 0.717) is 6.08 Å². The number of halogens is 4. The second-order valence-corrected chi connectivity index (χ2v) is 3.22. The Kier molecular flexibility index (Phi) is 3.95. The second-order valence-electron chi connectivity index (χ2n) is 3.22. The van der Waals surface area contributed by atoms with Crippen LogP contribution in [0.15, 0.2) is 18.2 Å². The normalized spacial score (nSPS) is 11.8. The molecular weight excluding hydrogens is 256 g/mol. The van der Waals surface area contributed by atoms with E-state index >= 15 is 0 Å². The number of hydrogen-bond donors (Lipinski definition) is 1. The van der Waals surface area contributed by atoms with Crippen molar-refractivity contribution < 1.29 is 32.2 Å². The number of aliphatic carboxylic acids is 1. The lowest BCUT2D eigenvalue weighted by atomic mass is 10.1. The standard InChI is InChI=1S/C11H8F4O3/c1-18-7-4-2-6(3-5-8(16)17)10(12)9(7)11(13,14)15/h2-5H,1H3,(H,16,17)/b5-3-. The zero-order valence-corrected chi connectivity index (χ0v) is 9.08. The van der Waals surface area contributed by atoms with Crippen molar-refractivity contribution in [2.75, 3.05) is 7.11 Å². The van der Waals surface area contributed by atoms with E-state index in [9.17, 15) is 22.4 Å². The number of carbonyl (C=O) groups is 1. The Morgan fingerprint density at radius 2 is 2.00 bits per heavy atom. The number of alkyl halides is 3. The third-order valence-electron chi connectivity index (χ3n) is 2.04. The number of benzene rings is 1. The summed E-state index contributed by atoms with van der Waals surface area (Å²) >= 11 is 0. The molecule has 0 atom stereocenters. The van der Waals surface area contributed by atoms with Crippen LogP contribution in [0.1, 0.15) is 11.1 Å². The van der Waals surface area contributed by atoms with E-state index in [1.807, 2.05) is 0 Å². The molecule has 1 aromatic rings. The van der Waals surface area contributed by atoms with E-state index in [2.05, 4.69) is 4.74 Å². The summed E-state index contributed by atoms with van der Waals surface area (Å²) in [6.45, 7) is 0. The lowest BCUT2D eigenvalue weighted by Crippen LogP contribution is -2.11. The molecule has 0 bridgehead atoms. The van der Waals surface area contributed by atoms with Gasteiger partial charge in [0, 0.05) is 11.6 Å². The minimum absolute atomic E-state index is 0.481. The van der Waals surface area contributed by atoms with Gasteiger partial charge in [0.2, 0.25) is 0 Å². The van der Waals surface area contributed by atoms with Crippen molar-refractivity contribution in [2.45, 2.75) is 6.18 Å². The molecule has 0 aliphatic carbocycles. The van der Waals surface area contributed by atoms with E-state index in [4.69, 9.17) is 5.11 Å². The number of carboxylic acid groups (broad SMARTS) is 1. The molecule has 0 unspecified atom stereocenters. The summed E-state index contributed by atoms with van der Waals surface area (Å²) in [6.07, 6.45) is -3.64. The van der Waals surface area contributed by atoms with Crippen LogP contribution in [-0.2, 0) is 11.0 Å². The molecule has 0 amide bonds. The largest absolute Gasteiger partial charge is 0.496 e. The van der Waals surface area contributed by atoms with Crippen LogP contribution >= 0.6 is 0 Å². The number of carboxylic acids is 1. The van der Waals surface area contributed by atoms with Crippen LogP contribution in [0.3, 0.4) is 0 Å². The summed E-state index contributed by atoms with van der Waals surface area (Å²) in [6, 6.07) is 1.93. The topological polar surface area (TPSA) is 46.5 Å². The van der Waals surface area contributed by atoms with Gasteiger partial charge >= 0.3 is 12.1 Å². The molecule has 0 aliphatic heterocycles. The summed E-state index contributed by atoms with van der Waals surface area (Å²) in [5.41, 5.74) is -2.04. The van der Waals surface area contributed by atoms with Gasteiger partial charge in [-0.05, 0) is 18.2 Å². The number of ether oxygens (including phenoxy) is 1. The Balaban J connectivity index is 3.39. The van der Waals surface area contributed by atoms with Crippen LogP contribution in [0.25, 0.3) is 6.08 Å². The number of methoxy groups -OCH3 is 1. The van der Waals surface area contributed by atoms with Gasteiger partial charge in [-0.3, -0.25) is 0 Å². The van der Waals surface area contributed by atoms with Gasteiger partial charge in [-0.2, -0.15) is 13.2 Å². The first kappa shape index (κ1) is 14.0. The van der Waals surface area contributed by atoms with Gasteiger partial charge in [-0.1, -0.05) is 0 Å². The fourth-order valence-electron chi connectivity index (χ4n) is 1.30. The molecule has 0 saturated heterocycles. The van der Waals surface area contributed by atoms with Gasteiger partial charge in [-0.25, -0.2) is 9.18 Å². The molecule has 98 valence electrons. The quantitative estimate of drug-likeness (QED) is 0.674. The van der Waals surface area contributed by atoms with Gasteiger partial charge in [-0.15, -0.1) is 0 Å². The fourth-order valence-corrected chi connectivity index (χ4v) is 1.30. The van der Waals surface area contributed by atoms with Gasteiger partial charge in [0.25, 0.3) is 0 Å².